The van der Waals surface area contributed by atoms with Crippen LogP contribution in [0.1, 0.15) is 18.1 Å². The van der Waals surface area contributed by atoms with Crippen molar-refractivity contribution in [2.75, 3.05) is 17.7 Å². The van der Waals surface area contributed by atoms with Crippen LogP contribution in [-0.4, -0.2) is 12.0 Å². The highest BCUT2D eigenvalue weighted by atomic mass is 14.9. The second-order valence-electron chi connectivity index (χ2n) is 4.19. The van der Waals surface area contributed by atoms with Crippen LogP contribution in [0, 0.1) is 0 Å². The SMILES string of the molecule is CCc1ccccc1CNc1cncc(NC)c1. The molecule has 18 heavy (non-hydrogen) atoms. The van der Waals surface area contributed by atoms with Crippen LogP contribution in [0.3, 0.4) is 0 Å². The summed E-state index contributed by atoms with van der Waals surface area (Å²) in [7, 11) is 1.90. The molecule has 2 N–H and O–H groups in total. The maximum atomic E-state index is 4.19. The second kappa shape index (κ2) is 6.05. The molecule has 3 nitrogen and oxygen atoms in total. The van der Waals surface area contributed by atoms with Gasteiger partial charge in [-0.3, -0.25) is 4.98 Å². The van der Waals surface area contributed by atoms with Crippen molar-refractivity contribution in [3.05, 3.63) is 53.9 Å². The van der Waals surface area contributed by atoms with Crippen molar-refractivity contribution in [3.63, 3.8) is 0 Å². The number of pyridine rings is 1. The first-order valence-corrected chi connectivity index (χ1v) is 6.27. The van der Waals surface area contributed by atoms with E-state index in [1.807, 2.05) is 19.4 Å². The third kappa shape index (κ3) is 3.00. The average Bonchev–Trinajstić information content (AvgIpc) is 2.45. The molecule has 0 bridgehead atoms. The summed E-state index contributed by atoms with van der Waals surface area (Å²) in [5.74, 6) is 0. The molecule has 1 aromatic heterocycles. The van der Waals surface area contributed by atoms with E-state index in [0.29, 0.717) is 0 Å². The number of rotatable bonds is 5. The third-order valence-electron chi connectivity index (χ3n) is 3.01. The van der Waals surface area contributed by atoms with Crippen molar-refractivity contribution < 1.29 is 0 Å². The molecule has 0 saturated carbocycles. The van der Waals surface area contributed by atoms with Gasteiger partial charge >= 0.3 is 0 Å². The molecule has 0 unspecified atom stereocenters. The summed E-state index contributed by atoms with van der Waals surface area (Å²) in [5.41, 5.74) is 4.79. The second-order valence-corrected chi connectivity index (χ2v) is 4.19. The van der Waals surface area contributed by atoms with Gasteiger partial charge in [-0.1, -0.05) is 31.2 Å². The van der Waals surface area contributed by atoms with E-state index in [4.69, 9.17) is 0 Å². The largest absolute Gasteiger partial charge is 0.387 e. The molecule has 0 saturated heterocycles. The summed E-state index contributed by atoms with van der Waals surface area (Å²) in [6.07, 6.45) is 4.72. The quantitative estimate of drug-likeness (QED) is 0.843. The van der Waals surface area contributed by atoms with E-state index in [9.17, 15) is 0 Å². The Bertz CT molecular complexity index is 509. The predicted octanol–water partition coefficient (Wildman–Crippen LogP) is 3.30. The Kier molecular flexibility index (Phi) is 4.18. The van der Waals surface area contributed by atoms with E-state index < -0.39 is 0 Å². The molecule has 0 fully saturated rings. The zero-order chi connectivity index (χ0) is 12.8. The van der Waals surface area contributed by atoms with Crippen molar-refractivity contribution in [2.45, 2.75) is 19.9 Å². The van der Waals surface area contributed by atoms with E-state index in [1.54, 1.807) is 0 Å². The average molecular weight is 241 g/mol. The fourth-order valence-corrected chi connectivity index (χ4v) is 1.95. The Morgan fingerprint density at radius 2 is 1.78 bits per heavy atom. The van der Waals surface area contributed by atoms with Crippen LogP contribution in [0.4, 0.5) is 11.4 Å². The zero-order valence-corrected chi connectivity index (χ0v) is 10.9. The van der Waals surface area contributed by atoms with Gasteiger partial charge in [0.15, 0.2) is 0 Å². The van der Waals surface area contributed by atoms with Crippen LogP contribution in [0.15, 0.2) is 42.7 Å². The van der Waals surface area contributed by atoms with Gasteiger partial charge in [0, 0.05) is 13.6 Å². The van der Waals surface area contributed by atoms with Gasteiger partial charge in [0.05, 0.1) is 23.8 Å². The predicted molar refractivity (Wildman–Crippen MR) is 76.9 cm³/mol. The van der Waals surface area contributed by atoms with Crippen molar-refractivity contribution >= 4 is 11.4 Å². The molecule has 0 aliphatic carbocycles. The van der Waals surface area contributed by atoms with Gasteiger partial charge in [0.1, 0.15) is 0 Å². The summed E-state index contributed by atoms with van der Waals surface area (Å²) in [4.78, 5) is 4.19. The Balaban J connectivity index is 2.06. The van der Waals surface area contributed by atoms with Gasteiger partial charge in [-0.25, -0.2) is 0 Å². The molecule has 0 atom stereocenters. The summed E-state index contributed by atoms with van der Waals surface area (Å²) < 4.78 is 0. The topological polar surface area (TPSA) is 37.0 Å². The Morgan fingerprint density at radius 1 is 1.06 bits per heavy atom. The Hall–Kier alpha value is -2.03. The van der Waals surface area contributed by atoms with Gasteiger partial charge < -0.3 is 10.6 Å². The Labute approximate surface area is 108 Å². The molecule has 0 spiro atoms. The van der Waals surface area contributed by atoms with Crippen LogP contribution in [-0.2, 0) is 13.0 Å². The van der Waals surface area contributed by atoms with E-state index in [-0.39, 0.29) is 0 Å². The molecule has 0 radical (unpaired) electrons. The van der Waals surface area contributed by atoms with E-state index >= 15 is 0 Å². The van der Waals surface area contributed by atoms with Crippen LogP contribution in [0.25, 0.3) is 0 Å². The first-order valence-electron chi connectivity index (χ1n) is 6.27. The van der Waals surface area contributed by atoms with Crippen molar-refractivity contribution in [1.29, 1.82) is 0 Å². The highest BCUT2D eigenvalue weighted by Gasteiger charge is 2.00. The smallest absolute Gasteiger partial charge is 0.0550 e. The molecular formula is C15H19N3. The van der Waals surface area contributed by atoms with Crippen LogP contribution in [0.5, 0.6) is 0 Å². The van der Waals surface area contributed by atoms with E-state index in [1.165, 1.54) is 11.1 Å². The summed E-state index contributed by atoms with van der Waals surface area (Å²) in [6.45, 7) is 3.01. The summed E-state index contributed by atoms with van der Waals surface area (Å²) in [6, 6.07) is 10.6. The van der Waals surface area contributed by atoms with Crippen molar-refractivity contribution in [3.8, 4) is 0 Å². The lowest BCUT2D eigenvalue weighted by molar-refractivity contribution is 1.04. The Morgan fingerprint density at radius 3 is 2.50 bits per heavy atom. The number of hydrogen-bond acceptors (Lipinski definition) is 3. The molecule has 3 heteroatoms. The number of hydrogen-bond donors (Lipinski definition) is 2. The number of benzene rings is 1. The molecule has 0 amide bonds. The minimum Gasteiger partial charge on any atom is -0.387 e. The summed E-state index contributed by atoms with van der Waals surface area (Å²) >= 11 is 0. The number of aromatic nitrogens is 1. The van der Waals surface area contributed by atoms with Crippen LogP contribution >= 0.6 is 0 Å². The first-order chi connectivity index (χ1) is 8.83. The minimum atomic E-state index is 0.832. The molecule has 2 rings (SSSR count). The molecule has 0 aliphatic rings. The van der Waals surface area contributed by atoms with Crippen molar-refractivity contribution in [2.24, 2.45) is 0 Å². The van der Waals surface area contributed by atoms with Gasteiger partial charge in [0.25, 0.3) is 0 Å². The molecule has 1 aromatic carbocycles. The maximum absolute atomic E-state index is 4.19. The van der Waals surface area contributed by atoms with Gasteiger partial charge in [-0.15, -0.1) is 0 Å². The third-order valence-corrected chi connectivity index (χ3v) is 3.01. The minimum absolute atomic E-state index is 0.832. The van der Waals surface area contributed by atoms with E-state index in [0.717, 1.165) is 24.3 Å². The highest BCUT2D eigenvalue weighted by Crippen LogP contribution is 2.15. The fraction of sp³-hybridized carbons (Fsp3) is 0.267. The number of nitrogens with one attached hydrogen (secondary N) is 2. The summed E-state index contributed by atoms with van der Waals surface area (Å²) in [5, 5.41) is 6.49. The maximum Gasteiger partial charge on any atom is 0.0550 e. The van der Waals surface area contributed by atoms with Gasteiger partial charge in [-0.2, -0.15) is 0 Å². The highest BCUT2D eigenvalue weighted by molar-refractivity contribution is 5.53. The first kappa shape index (κ1) is 12.4. The molecule has 2 aromatic rings. The zero-order valence-electron chi connectivity index (χ0n) is 10.9. The normalized spacial score (nSPS) is 10.1. The fourth-order valence-electron chi connectivity index (χ4n) is 1.95. The van der Waals surface area contributed by atoms with Gasteiger partial charge in [0.2, 0.25) is 0 Å². The van der Waals surface area contributed by atoms with Crippen LogP contribution < -0.4 is 10.6 Å². The molecule has 1 heterocycles. The number of aryl methyl sites for hydroxylation is 1. The number of anilines is 2. The lowest BCUT2D eigenvalue weighted by Gasteiger charge is -2.10. The van der Waals surface area contributed by atoms with E-state index in [2.05, 4.69) is 52.9 Å². The van der Waals surface area contributed by atoms with Crippen LogP contribution in [0.2, 0.25) is 0 Å². The molecular weight excluding hydrogens is 222 g/mol. The molecule has 94 valence electrons. The molecule has 0 aliphatic heterocycles. The van der Waals surface area contributed by atoms with Gasteiger partial charge in [-0.05, 0) is 23.6 Å². The lowest BCUT2D eigenvalue weighted by Crippen LogP contribution is -2.03. The number of nitrogens with zero attached hydrogens (tertiary/aromatic N) is 1. The lowest BCUT2D eigenvalue weighted by atomic mass is 10.1. The standard InChI is InChI=1S/C15H19N3/c1-3-12-6-4-5-7-13(12)9-18-15-8-14(16-2)10-17-11-15/h4-8,10-11,16,18H,3,9H2,1-2H3. The van der Waals surface area contributed by atoms with Crippen molar-refractivity contribution in [1.82, 2.24) is 4.98 Å². The monoisotopic (exact) mass is 241 g/mol.